The van der Waals surface area contributed by atoms with Crippen molar-refractivity contribution >= 4 is 13.5 Å². The highest BCUT2D eigenvalue weighted by molar-refractivity contribution is 7.62. The van der Waals surface area contributed by atoms with E-state index in [0.29, 0.717) is 6.61 Å². The summed E-state index contributed by atoms with van der Waals surface area (Å²) >= 11 is 0. The van der Waals surface area contributed by atoms with Crippen LogP contribution in [0.5, 0.6) is 0 Å². The summed E-state index contributed by atoms with van der Waals surface area (Å²) in [6.45, 7) is 2.30. The SMILES string of the molecule is CCOC(=O)c1c2c(c(-c3ccccc3)p1-c1ccccc1)CCC2. The Morgan fingerprint density at radius 1 is 0.960 bits per heavy atom. The van der Waals surface area contributed by atoms with Crippen molar-refractivity contribution in [2.24, 2.45) is 0 Å². The zero-order valence-electron chi connectivity index (χ0n) is 14.4. The monoisotopic (exact) mass is 348 g/mol. The Morgan fingerprint density at radius 2 is 1.60 bits per heavy atom. The third-order valence-electron chi connectivity index (χ3n) is 4.77. The molecule has 0 aliphatic heterocycles. The number of fused-ring (bicyclic) bond motifs is 1. The smallest absolute Gasteiger partial charge is 0.342 e. The van der Waals surface area contributed by atoms with E-state index in [1.54, 1.807) is 0 Å². The molecule has 0 amide bonds. The van der Waals surface area contributed by atoms with Crippen molar-refractivity contribution in [2.45, 2.75) is 26.2 Å². The highest BCUT2D eigenvalue weighted by atomic mass is 31.1. The molecule has 3 aromatic rings. The summed E-state index contributed by atoms with van der Waals surface area (Å²) in [4.78, 5) is 12.9. The van der Waals surface area contributed by atoms with Gasteiger partial charge in [0, 0.05) is 5.30 Å². The Kier molecular flexibility index (Phi) is 4.46. The minimum absolute atomic E-state index is 0.127. The molecule has 0 N–H and O–H groups in total. The summed E-state index contributed by atoms with van der Waals surface area (Å²) in [5.41, 5.74) is 3.89. The molecule has 2 aromatic carbocycles. The van der Waals surface area contributed by atoms with Crippen LogP contribution in [-0.4, -0.2) is 12.6 Å². The van der Waals surface area contributed by atoms with Crippen molar-refractivity contribution in [1.82, 2.24) is 0 Å². The van der Waals surface area contributed by atoms with Gasteiger partial charge in [0.1, 0.15) is 0 Å². The van der Waals surface area contributed by atoms with Gasteiger partial charge in [0.05, 0.1) is 11.9 Å². The molecule has 1 aliphatic carbocycles. The summed E-state index contributed by atoms with van der Waals surface area (Å²) in [6.07, 6.45) is 3.18. The molecule has 126 valence electrons. The average molecular weight is 348 g/mol. The summed E-state index contributed by atoms with van der Waals surface area (Å²) < 4.78 is 5.46. The van der Waals surface area contributed by atoms with Gasteiger partial charge in [-0.25, -0.2) is 4.79 Å². The molecular weight excluding hydrogens is 327 g/mol. The van der Waals surface area contributed by atoms with Crippen LogP contribution in [0.4, 0.5) is 0 Å². The largest absolute Gasteiger partial charge is 0.462 e. The summed E-state index contributed by atoms with van der Waals surface area (Å²) in [7, 11) is -0.843. The molecule has 1 aromatic heterocycles. The van der Waals surface area contributed by atoms with Gasteiger partial charge in [0.25, 0.3) is 0 Å². The molecule has 2 nitrogen and oxygen atoms in total. The third-order valence-corrected chi connectivity index (χ3v) is 7.46. The second kappa shape index (κ2) is 6.90. The predicted molar refractivity (Wildman–Crippen MR) is 104 cm³/mol. The molecule has 0 bridgehead atoms. The van der Waals surface area contributed by atoms with Gasteiger partial charge in [-0.1, -0.05) is 68.2 Å². The molecule has 4 rings (SSSR count). The highest BCUT2D eigenvalue weighted by Crippen LogP contribution is 2.58. The lowest BCUT2D eigenvalue weighted by molar-refractivity contribution is 0.0531. The van der Waals surface area contributed by atoms with Gasteiger partial charge < -0.3 is 4.74 Å². The lowest BCUT2D eigenvalue weighted by atomic mass is 10.1. The van der Waals surface area contributed by atoms with Crippen LogP contribution >= 0.6 is 7.53 Å². The molecule has 1 aliphatic rings. The van der Waals surface area contributed by atoms with Crippen LogP contribution in [0.25, 0.3) is 16.2 Å². The zero-order valence-corrected chi connectivity index (χ0v) is 15.3. The molecular formula is C22H21O2P. The average Bonchev–Trinajstić information content (AvgIpc) is 3.23. The van der Waals surface area contributed by atoms with E-state index >= 15 is 0 Å². The van der Waals surface area contributed by atoms with Gasteiger partial charge in [-0.2, -0.15) is 0 Å². The van der Waals surface area contributed by atoms with Gasteiger partial charge in [0.15, 0.2) is 0 Å². The van der Waals surface area contributed by atoms with Gasteiger partial charge >= 0.3 is 5.97 Å². The van der Waals surface area contributed by atoms with Gasteiger partial charge in [0.2, 0.25) is 0 Å². The Morgan fingerprint density at radius 3 is 2.28 bits per heavy atom. The Labute approximate surface area is 149 Å². The van der Waals surface area contributed by atoms with Crippen molar-refractivity contribution in [3.05, 3.63) is 77.1 Å². The molecule has 0 saturated carbocycles. The molecule has 25 heavy (non-hydrogen) atoms. The first-order valence-electron chi connectivity index (χ1n) is 8.85. The van der Waals surface area contributed by atoms with Crippen LogP contribution in [0.3, 0.4) is 0 Å². The van der Waals surface area contributed by atoms with E-state index in [2.05, 4.69) is 48.5 Å². The molecule has 3 heteroatoms. The number of rotatable bonds is 4. The number of ether oxygens (including phenoxy) is 1. The van der Waals surface area contributed by atoms with Crippen LogP contribution < -0.4 is 0 Å². The lowest BCUT2D eigenvalue weighted by Gasteiger charge is -2.12. The number of hydrogen-bond acceptors (Lipinski definition) is 2. The molecule has 1 atom stereocenters. The first kappa shape index (κ1) is 16.2. The fourth-order valence-corrected chi connectivity index (χ4v) is 6.69. The van der Waals surface area contributed by atoms with E-state index in [1.807, 2.05) is 19.1 Å². The quantitative estimate of drug-likeness (QED) is 0.541. The minimum Gasteiger partial charge on any atom is -0.462 e. The number of benzene rings is 2. The van der Waals surface area contributed by atoms with E-state index in [4.69, 9.17) is 4.74 Å². The predicted octanol–water partition coefficient (Wildman–Crippen LogP) is 5.99. The Balaban J connectivity index is 2.04. The van der Waals surface area contributed by atoms with E-state index in [0.717, 1.165) is 24.6 Å². The Bertz CT molecular complexity index is 895. The molecule has 0 spiro atoms. The van der Waals surface area contributed by atoms with Gasteiger partial charge in [-0.05, 0) is 48.2 Å². The number of esters is 1. The van der Waals surface area contributed by atoms with Crippen LogP contribution in [-0.2, 0) is 17.6 Å². The number of carbonyl (C=O) groups excluding carboxylic acids is 1. The van der Waals surface area contributed by atoms with Crippen molar-refractivity contribution in [3.8, 4) is 16.2 Å². The van der Waals surface area contributed by atoms with Gasteiger partial charge in [-0.15, -0.1) is 0 Å². The zero-order chi connectivity index (χ0) is 17.2. The van der Waals surface area contributed by atoms with Crippen molar-refractivity contribution in [1.29, 1.82) is 0 Å². The first-order chi connectivity index (χ1) is 12.3. The van der Waals surface area contributed by atoms with Crippen LogP contribution in [0.1, 0.15) is 34.6 Å². The Hall–Kier alpha value is -2.31. The summed E-state index contributed by atoms with van der Waals surface area (Å²) in [5, 5.41) is 3.51. The molecule has 0 fully saturated rings. The fraction of sp³-hybridized carbons (Fsp3) is 0.227. The maximum absolute atomic E-state index is 12.9. The first-order valence-corrected chi connectivity index (χ1v) is 10.2. The van der Waals surface area contributed by atoms with Crippen LogP contribution in [0.15, 0.2) is 60.7 Å². The molecule has 0 saturated heterocycles. The maximum Gasteiger partial charge on any atom is 0.342 e. The summed E-state index contributed by atoms with van der Waals surface area (Å²) in [6, 6.07) is 21.0. The summed E-state index contributed by atoms with van der Waals surface area (Å²) in [5.74, 6) is -0.127. The second-order valence-electron chi connectivity index (χ2n) is 6.27. The molecule has 1 heterocycles. The fourth-order valence-electron chi connectivity index (χ4n) is 3.80. The lowest BCUT2D eigenvalue weighted by Crippen LogP contribution is -2.05. The van der Waals surface area contributed by atoms with Crippen LogP contribution in [0.2, 0.25) is 0 Å². The number of carbonyl (C=O) groups is 1. The standard InChI is InChI=1S/C22H21O2P/c1-2-24-22(23)21-19-15-9-14-18(19)20(16-10-5-3-6-11-16)25(21)17-12-7-4-8-13-17/h3-8,10-13H,2,9,14-15H2,1H3. The van der Waals surface area contributed by atoms with E-state index < -0.39 is 7.53 Å². The minimum atomic E-state index is -0.843. The van der Waals surface area contributed by atoms with Gasteiger partial charge in [-0.3, -0.25) is 0 Å². The van der Waals surface area contributed by atoms with Crippen molar-refractivity contribution in [3.63, 3.8) is 0 Å². The van der Waals surface area contributed by atoms with E-state index in [9.17, 15) is 4.79 Å². The third kappa shape index (κ3) is 2.81. The van der Waals surface area contributed by atoms with Crippen molar-refractivity contribution in [2.75, 3.05) is 6.61 Å². The molecule has 1 unspecified atom stereocenters. The maximum atomic E-state index is 12.9. The second-order valence-corrected chi connectivity index (χ2v) is 8.35. The van der Waals surface area contributed by atoms with E-state index in [1.165, 1.54) is 27.3 Å². The van der Waals surface area contributed by atoms with Crippen LogP contribution in [0, 0.1) is 0 Å². The van der Waals surface area contributed by atoms with Crippen molar-refractivity contribution < 1.29 is 9.53 Å². The molecule has 0 radical (unpaired) electrons. The number of hydrogen-bond donors (Lipinski definition) is 0. The topological polar surface area (TPSA) is 26.3 Å². The van der Waals surface area contributed by atoms with E-state index in [-0.39, 0.29) is 5.97 Å². The normalized spacial score (nSPS) is 13.6. The highest BCUT2D eigenvalue weighted by Gasteiger charge is 2.31.